The van der Waals surface area contributed by atoms with E-state index in [1.165, 1.54) is 12.0 Å². The molecule has 0 saturated carbocycles. The van der Waals surface area contributed by atoms with E-state index in [-0.39, 0.29) is 6.10 Å². The first-order valence-corrected chi connectivity index (χ1v) is 7.41. The van der Waals surface area contributed by atoms with Gasteiger partial charge in [0.15, 0.2) is 0 Å². The van der Waals surface area contributed by atoms with Crippen molar-refractivity contribution in [3.05, 3.63) is 42.5 Å². The maximum atomic E-state index is 10.1. The van der Waals surface area contributed by atoms with Crippen LogP contribution in [0.15, 0.2) is 36.9 Å². The summed E-state index contributed by atoms with van der Waals surface area (Å²) in [7, 11) is 1.70. The van der Waals surface area contributed by atoms with Gasteiger partial charge >= 0.3 is 0 Å². The van der Waals surface area contributed by atoms with Crippen LogP contribution in [0.3, 0.4) is 0 Å². The Bertz CT molecular complexity index is 433. The van der Waals surface area contributed by atoms with Gasteiger partial charge in [-0.25, -0.2) is 0 Å². The highest BCUT2D eigenvalue weighted by Gasteiger charge is 2.27. The Balaban J connectivity index is 2.00. The Morgan fingerprint density at radius 2 is 2.40 bits per heavy atom. The third-order valence-electron chi connectivity index (χ3n) is 3.99. The van der Waals surface area contributed by atoms with Gasteiger partial charge in [0, 0.05) is 12.6 Å². The predicted molar refractivity (Wildman–Crippen MR) is 82.0 cm³/mol. The predicted octanol–water partition coefficient (Wildman–Crippen LogP) is 3.16. The maximum absolute atomic E-state index is 10.1. The quantitative estimate of drug-likeness (QED) is 0.776. The molecule has 3 nitrogen and oxygen atoms in total. The van der Waals surface area contributed by atoms with Crippen LogP contribution in [0, 0.1) is 0 Å². The third kappa shape index (κ3) is 3.84. The van der Waals surface area contributed by atoms with Crippen molar-refractivity contribution in [1.82, 2.24) is 4.90 Å². The van der Waals surface area contributed by atoms with Crippen molar-refractivity contribution in [3.8, 4) is 5.75 Å². The number of β-amino-alcohol motifs (C(OH)–C–C–N with tert-alkyl or cyclic N) is 1. The molecule has 1 saturated heterocycles. The lowest BCUT2D eigenvalue weighted by Crippen LogP contribution is -2.32. The second kappa shape index (κ2) is 7.46. The number of likely N-dealkylation sites (tertiary alicyclic amines) is 1. The van der Waals surface area contributed by atoms with Crippen molar-refractivity contribution in [2.75, 3.05) is 20.2 Å². The van der Waals surface area contributed by atoms with Crippen LogP contribution < -0.4 is 4.74 Å². The van der Waals surface area contributed by atoms with Gasteiger partial charge in [-0.15, -0.1) is 6.58 Å². The van der Waals surface area contributed by atoms with Crippen LogP contribution in [0.4, 0.5) is 0 Å². The highest BCUT2D eigenvalue weighted by molar-refractivity contribution is 5.31. The Morgan fingerprint density at radius 1 is 1.55 bits per heavy atom. The molecular formula is C17H25NO2. The molecule has 0 radical (unpaired) electrons. The normalized spacial score (nSPS) is 20.8. The SMILES string of the molecule is C=CCCC(O)CN1CCCC1c1cccc(OC)c1. The van der Waals surface area contributed by atoms with E-state index in [0.29, 0.717) is 6.04 Å². The first-order valence-electron chi connectivity index (χ1n) is 7.41. The van der Waals surface area contributed by atoms with E-state index in [1.54, 1.807) is 7.11 Å². The molecule has 1 heterocycles. The van der Waals surface area contributed by atoms with Gasteiger partial charge < -0.3 is 9.84 Å². The number of nitrogens with zero attached hydrogens (tertiary/aromatic N) is 1. The fourth-order valence-corrected chi connectivity index (χ4v) is 2.94. The number of aliphatic hydroxyl groups excluding tert-OH is 1. The summed E-state index contributed by atoms with van der Waals surface area (Å²) in [4.78, 5) is 2.39. The van der Waals surface area contributed by atoms with Gasteiger partial charge in [-0.1, -0.05) is 18.2 Å². The van der Waals surface area contributed by atoms with Crippen molar-refractivity contribution < 1.29 is 9.84 Å². The number of methoxy groups -OCH3 is 1. The van der Waals surface area contributed by atoms with Crippen LogP contribution in [0.25, 0.3) is 0 Å². The van der Waals surface area contributed by atoms with Crippen LogP contribution in [0.5, 0.6) is 5.75 Å². The summed E-state index contributed by atoms with van der Waals surface area (Å²) < 4.78 is 5.30. The van der Waals surface area contributed by atoms with Crippen LogP contribution >= 0.6 is 0 Å². The van der Waals surface area contributed by atoms with E-state index in [4.69, 9.17) is 4.74 Å². The number of hydrogen-bond acceptors (Lipinski definition) is 3. The van der Waals surface area contributed by atoms with E-state index in [2.05, 4.69) is 23.6 Å². The van der Waals surface area contributed by atoms with E-state index < -0.39 is 0 Å². The number of allylic oxidation sites excluding steroid dienone is 1. The Hall–Kier alpha value is -1.32. The van der Waals surface area contributed by atoms with E-state index >= 15 is 0 Å². The molecule has 0 amide bonds. The van der Waals surface area contributed by atoms with Gasteiger partial charge in [-0.2, -0.15) is 0 Å². The van der Waals surface area contributed by atoms with Gasteiger partial charge in [0.05, 0.1) is 13.2 Å². The average Bonchev–Trinajstić information content (AvgIpc) is 2.93. The minimum atomic E-state index is -0.265. The average molecular weight is 275 g/mol. The lowest BCUT2D eigenvalue weighted by Gasteiger charge is -2.27. The molecule has 0 bridgehead atoms. The second-order valence-corrected chi connectivity index (χ2v) is 5.45. The molecule has 0 aliphatic carbocycles. The molecule has 0 aromatic heterocycles. The molecule has 0 spiro atoms. The summed E-state index contributed by atoms with van der Waals surface area (Å²) in [5.74, 6) is 0.904. The molecule has 2 unspecified atom stereocenters. The summed E-state index contributed by atoms with van der Waals surface area (Å²) in [5, 5.41) is 10.1. The van der Waals surface area contributed by atoms with E-state index in [0.717, 1.165) is 38.1 Å². The minimum absolute atomic E-state index is 0.265. The maximum Gasteiger partial charge on any atom is 0.119 e. The smallest absolute Gasteiger partial charge is 0.119 e. The van der Waals surface area contributed by atoms with Crippen molar-refractivity contribution >= 4 is 0 Å². The molecule has 1 fully saturated rings. The third-order valence-corrected chi connectivity index (χ3v) is 3.99. The number of rotatable bonds is 7. The summed E-state index contributed by atoms with van der Waals surface area (Å²) in [6, 6.07) is 8.69. The van der Waals surface area contributed by atoms with Gasteiger partial charge in [0.1, 0.15) is 5.75 Å². The highest BCUT2D eigenvalue weighted by Crippen LogP contribution is 2.33. The van der Waals surface area contributed by atoms with Crippen LogP contribution in [-0.2, 0) is 0 Å². The Morgan fingerprint density at radius 3 is 3.15 bits per heavy atom. The van der Waals surface area contributed by atoms with E-state index in [1.807, 2.05) is 18.2 Å². The van der Waals surface area contributed by atoms with Gasteiger partial charge in [0.2, 0.25) is 0 Å². The van der Waals surface area contributed by atoms with Crippen molar-refractivity contribution in [1.29, 1.82) is 0 Å². The summed E-state index contributed by atoms with van der Waals surface area (Å²) in [6.07, 6.45) is 5.62. The number of aliphatic hydroxyl groups is 1. The number of hydrogen-bond donors (Lipinski definition) is 1. The molecular weight excluding hydrogens is 250 g/mol. The van der Waals surface area contributed by atoms with Crippen LogP contribution in [0.1, 0.15) is 37.3 Å². The first kappa shape index (κ1) is 15.1. The Kier molecular flexibility index (Phi) is 5.62. The largest absolute Gasteiger partial charge is 0.497 e. The monoisotopic (exact) mass is 275 g/mol. The van der Waals surface area contributed by atoms with Crippen molar-refractivity contribution in [2.45, 2.75) is 37.8 Å². The van der Waals surface area contributed by atoms with Gasteiger partial charge in [0.25, 0.3) is 0 Å². The van der Waals surface area contributed by atoms with E-state index in [9.17, 15) is 5.11 Å². The molecule has 1 aliphatic heterocycles. The highest BCUT2D eigenvalue weighted by atomic mass is 16.5. The molecule has 20 heavy (non-hydrogen) atoms. The lowest BCUT2D eigenvalue weighted by atomic mass is 10.0. The number of benzene rings is 1. The fourth-order valence-electron chi connectivity index (χ4n) is 2.94. The van der Waals surface area contributed by atoms with Gasteiger partial charge in [-0.05, 0) is 49.9 Å². The summed E-state index contributed by atoms with van der Waals surface area (Å²) in [5.41, 5.74) is 1.29. The second-order valence-electron chi connectivity index (χ2n) is 5.45. The molecule has 2 rings (SSSR count). The van der Waals surface area contributed by atoms with Crippen molar-refractivity contribution in [2.24, 2.45) is 0 Å². The zero-order chi connectivity index (χ0) is 14.4. The molecule has 1 aromatic rings. The molecule has 1 aromatic carbocycles. The van der Waals surface area contributed by atoms with Crippen LogP contribution in [-0.4, -0.2) is 36.3 Å². The molecule has 2 atom stereocenters. The van der Waals surface area contributed by atoms with Crippen LogP contribution in [0.2, 0.25) is 0 Å². The Labute approximate surface area is 121 Å². The topological polar surface area (TPSA) is 32.7 Å². The van der Waals surface area contributed by atoms with Crippen molar-refractivity contribution in [3.63, 3.8) is 0 Å². The number of ether oxygens (including phenoxy) is 1. The zero-order valence-electron chi connectivity index (χ0n) is 12.3. The standard InChI is InChI=1S/C17H25NO2/c1-3-4-8-15(19)13-18-11-6-10-17(18)14-7-5-9-16(12-14)20-2/h3,5,7,9,12,15,17,19H,1,4,6,8,10-11,13H2,2H3. The molecule has 1 aliphatic rings. The summed E-state index contributed by atoms with van der Waals surface area (Å²) >= 11 is 0. The first-order chi connectivity index (χ1) is 9.74. The zero-order valence-corrected chi connectivity index (χ0v) is 12.3. The molecule has 3 heteroatoms. The molecule has 110 valence electrons. The van der Waals surface area contributed by atoms with Gasteiger partial charge in [-0.3, -0.25) is 4.90 Å². The fraction of sp³-hybridized carbons (Fsp3) is 0.529. The molecule has 1 N–H and O–H groups in total. The lowest BCUT2D eigenvalue weighted by molar-refractivity contribution is 0.0996. The minimum Gasteiger partial charge on any atom is -0.497 e. The summed E-state index contributed by atoms with van der Waals surface area (Å²) in [6.45, 7) is 5.52.